The van der Waals surface area contributed by atoms with Crippen molar-refractivity contribution in [2.45, 2.75) is 25.9 Å². The first-order chi connectivity index (χ1) is 10.1. The summed E-state index contributed by atoms with van der Waals surface area (Å²) in [5.74, 6) is -0.0186. The Bertz CT molecular complexity index is 684. The van der Waals surface area contributed by atoms with E-state index in [1.54, 1.807) is 0 Å². The smallest absolute Gasteiger partial charge is 0.241 e. The molecule has 0 spiro atoms. The summed E-state index contributed by atoms with van der Waals surface area (Å²) in [5, 5.41) is 6.91. The second-order valence-corrected chi connectivity index (χ2v) is 5.72. The predicted molar refractivity (Wildman–Crippen MR) is 85.6 cm³/mol. The number of carbonyl (C=O) groups excluding carboxylic acids is 1. The summed E-state index contributed by atoms with van der Waals surface area (Å²) in [7, 11) is 0. The van der Waals surface area contributed by atoms with Gasteiger partial charge in [0.2, 0.25) is 5.91 Å². The third kappa shape index (κ3) is 2.94. The summed E-state index contributed by atoms with van der Waals surface area (Å²) in [6.07, 6.45) is 0.710. The number of hydrogen-bond acceptors (Lipinski definition) is 2. The first-order valence-electron chi connectivity index (χ1n) is 7.01. The summed E-state index contributed by atoms with van der Waals surface area (Å²) >= 11 is 6.08. The molecule has 2 N–H and O–H groups in total. The van der Waals surface area contributed by atoms with Gasteiger partial charge >= 0.3 is 0 Å². The van der Waals surface area contributed by atoms with E-state index in [0.29, 0.717) is 11.4 Å². The van der Waals surface area contributed by atoms with E-state index < -0.39 is 0 Å². The topological polar surface area (TPSA) is 41.1 Å². The van der Waals surface area contributed by atoms with E-state index in [9.17, 15) is 4.79 Å². The first-order valence-corrected chi connectivity index (χ1v) is 7.39. The maximum absolute atomic E-state index is 12.4. The molecule has 0 aliphatic carbocycles. The molecular weight excluding hydrogens is 284 g/mol. The predicted octanol–water partition coefficient (Wildman–Crippen LogP) is 3.30. The van der Waals surface area contributed by atoms with Crippen LogP contribution >= 0.6 is 11.6 Å². The maximum Gasteiger partial charge on any atom is 0.241 e. The molecule has 1 heterocycles. The van der Waals surface area contributed by atoms with Crippen LogP contribution < -0.4 is 10.6 Å². The van der Waals surface area contributed by atoms with Gasteiger partial charge in [-0.2, -0.15) is 0 Å². The van der Waals surface area contributed by atoms with Crippen LogP contribution in [-0.4, -0.2) is 11.9 Å². The fourth-order valence-electron chi connectivity index (χ4n) is 2.60. The standard InChI is InChI=1S/C17H17ClN2O/c1-11-14(18)7-4-8-15(11)20-17(21)16-9-12-5-2-3-6-13(12)10-19-16/h2-8,16,19H,9-10H2,1H3,(H,20,21)/t16-/m0/s1. The van der Waals surface area contributed by atoms with Crippen molar-refractivity contribution < 1.29 is 4.79 Å². The largest absolute Gasteiger partial charge is 0.324 e. The van der Waals surface area contributed by atoms with Crippen molar-refractivity contribution in [2.75, 3.05) is 5.32 Å². The van der Waals surface area contributed by atoms with Crippen molar-refractivity contribution in [3.05, 3.63) is 64.2 Å². The first kappa shape index (κ1) is 14.1. The zero-order valence-electron chi connectivity index (χ0n) is 11.8. The number of hydrogen-bond donors (Lipinski definition) is 2. The number of fused-ring (bicyclic) bond motifs is 1. The molecule has 0 unspecified atom stereocenters. The fraction of sp³-hybridized carbons (Fsp3) is 0.235. The second-order valence-electron chi connectivity index (χ2n) is 5.31. The van der Waals surface area contributed by atoms with Gasteiger partial charge < -0.3 is 10.6 Å². The third-order valence-electron chi connectivity index (χ3n) is 3.92. The van der Waals surface area contributed by atoms with Crippen molar-refractivity contribution in [3.8, 4) is 0 Å². The molecular formula is C17H17ClN2O. The second kappa shape index (κ2) is 5.88. The molecule has 0 aromatic heterocycles. The Hall–Kier alpha value is -1.84. The molecule has 0 saturated carbocycles. The molecule has 1 amide bonds. The molecule has 0 radical (unpaired) electrons. The Morgan fingerprint density at radius 2 is 1.95 bits per heavy atom. The highest BCUT2D eigenvalue weighted by Crippen LogP contribution is 2.24. The van der Waals surface area contributed by atoms with Crippen LogP contribution in [0.1, 0.15) is 16.7 Å². The molecule has 21 heavy (non-hydrogen) atoms. The molecule has 0 bridgehead atoms. The molecule has 1 atom stereocenters. The van der Waals surface area contributed by atoms with Gasteiger partial charge in [-0.25, -0.2) is 0 Å². The fourth-order valence-corrected chi connectivity index (χ4v) is 2.78. The van der Waals surface area contributed by atoms with E-state index >= 15 is 0 Å². The van der Waals surface area contributed by atoms with Gasteiger partial charge in [-0.05, 0) is 42.2 Å². The van der Waals surface area contributed by atoms with Crippen molar-refractivity contribution >= 4 is 23.2 Å². The molecule has 0 saturated heterocycles. The molecule has 108 valence electrons. The van der Waals surface area contributed by atoms with Crippen LogP contribution in [0.5, 0.6) is 0 Å². The van der Waals surface area contributed by atoms with Crippen LogP contribution in [0.25, 0.3) is 0 Å². The number of halogens is 1. The van der Waals surface area contributed by atoms with Crippen LogP contribution in [0.15, 0.2) is 42.5 Å². The van der Waals surface area contributed by atoms with Crippen LogP contribution in [0.2, 0.25) is 5.02 Å². The Kier molecular flexibility index (Phi) is 3.95. The third-order valence-corrected chi connectivity index (χ3v) is 4.33. The van der Waals surface area contributed by atoms with Crippen LogP contribution in [0.3, 0.4) is 0 Å². The highest BCUT2D eigenvalue weighted by atomic mass is 35.5. The number of rotatable bonds is 2. The van der Waals surface area contributed by atoms with E-state index in [2.05, 4.69) is 22.8 Å². The Labute approximate surface area is 129 Å². The quantitative estimate of drug-likeness (QED) is 0.893. The number of anilines is 1. The van der Waals surface area contributed by atoms with Crippen molar-refractivity contribution in [3.63, 3.8) is 0 Å². The van der Waals surface area contributed by atoms with Crippen molar-refractivity contribution in [1.82, 2.24) is 5.32 Å². The summed E-state index contributed by atoms with van der Waals surface area (Å²) in [4.78, 5) is 12.4. The molecule has 1 aliphatic heterocycles. The minimum atomic E-state index is -0.210. The van der Waals surface area contributed by atoms with E-state index in [0.717, 1.165) is 17.8 Å². The van der Waals surface area contributed by atoms with Crippen LogP contribution in [0.4, 0.5) is 5.69 Å². The summed E-state index contributed by atoms with van der Waals surface area (Å²) < 4.78 is 0. The van der Waals surface area contributed by atoms with E-state index in [1.165, 1.54) is 11.1 Å². The molecule has 4 heteroatoms. The van der Waals surface area contributed by atoms with E-state index in [1.807, 2.05) is 37.3 Å². The zero-order chi connectivity index (χ0) is 14.8. The lowest BCUT2D eigenvalue weighted by Crippen LogP contribution is -2.44. The molecule has 1 aliphatic rings. The number of carbonyl (C=O) groups is 1. The van der Waals surface area contributed by atoms with Gasteiger partial charge in [0.15, 0.2) is 0 Å². The van der Waals surface area contributed by atoms with Gasteiger partial charge in [-0.3, -0.25) is 4.79 Å². The molecule has 2 aromatic rings. The minimum Gasteiger partial charge on any atom is -0.324 e. The normalized spacial score (nSPS) is 17.1. The SMILES string of the molecule is Cc1c(Cl)cccc1NC(=O)[C@@H]1Cc2ccccc2CN1. The van der Waals surface area contributed by atoms with Gasteiger partial charge in [-0.15, -0.1) is 0 Å². The molecule has 3 rings (SSSR count). The number of benzene rings is 2. The maximum atomic E-state index is 12.4. The highest BCUT2D eigenvalue weighted by Gasteiger charge is 2.24. The molecule has 3 nitrogen and oxygen atoms in total. The molecule has 2 aromatic carbocycles. The lowest BCUT2D eigenvalue weighted by atomic mass is 9.95. The Morgan fingerprint density at radius 1 is 1.19 bits per heavy atom. The van der Waals surface area contributed by atoms with Gasteiger partial charge in [0.1, 0.15) is 0 Å². The van der Waals surface area contributed by atoms with Crippen molar-refractivity contribution in [1.29, 1.82) is 0 Å². The van der Waals surface area contributed by atoms with Gasteiger partial charge in [0.25, 0.3) is 0 Å². The van der Waals surface area contributed by atoms with E-state index in [4.69, 9.17) is 11.6 Å². The van der Waals surface area contributed by atoms with E-state index in [-0.39, 0.29) is 11.9 Å². The highest BCUT2D eigenvalue weighted by molar-refractivity contribution is 6.31. The van der Waals surface area contributed by atoms with Gasteiger partial charge in [0.05, 0.1) is 6.04 Å². The Balaban J connectivity index is 1.74. The lowest BCUT2D eigenvalue weighted by Gasteiger charge is -2.25. The number of nitrogens with one attached hydrogen (secondary N) is 2. The summed E-state index contributed by atoms with van der Waals surface area (Å²) in [6.45, 7) is 2.63. The van der Waals surface area contributed by atoms with Crippen LogP contribution in [-0.2, 0) is 17.8 Å². The average molecular weight is 301 g/mol. The summed E-state index contributed by atoms with van der Waals surface area (Å²) in [5.41, 5.74) is 4.16. The Morgan fingerprint density at radius 3 is 2.76 bits per heavy atom. The van der Waals surface area contributed by atoms with Gasteiger partial charge in [-0.1, -0.05) is 41.9 Å². The summed E-state index contributed by atoms with van der Waals surface area (Å²) in [6, 6.07) is 13.5. The van der Waals surface area contributed by atoms with Crippen LogP contribution in [0, 0.1) is 6.92 Å². The van der Waals surface area contributed by atoms with Gasteiger partial charge in [0, 0.05) is 17.3 Å². The molecule has 0 fully saturated rings. The zero-order valence-corrected chi connectivity index (χ0v) is 12.6. The average Bonchev–Trinajstić information content (AvgIpc) is 2.51. The van der Waals surface area contributed by atoms with Crippen molar-refractivity contribution in [2.24, 2.45) is 0 Å². The lowest BCUT2D eigenvalue weighted by molar-refractivity contribution is -0.118. The minimum absolute atomic E-state index is 0.0186. The number of amides is 1. The monoisotopic (exact) mass is 300 g/mol.